The molecule has 0 bridgehead atoms. The van der Waals surface area contributed by atoms with Crippen LogP contribution in [0.4, 0.5) is 4.79 Å². The SMILES string of the molecule is O=C(CC1CCC(CNC(=O)OCC2c3ccccc3-c3ccccc32)C1)NC1(C(=O)O)CCC1. The Morgan fingerprint density at radius 1 is 0.943 bits per heavy atom. The molecule has 2 aromatic carbocycles. The molecule has 0 heterocycles. The van der Waals surface area contributed by atoms with Crippen LogP contribution in [0.15, 0.2) is 48.5 Å². The molecule has 0 spiro atoms. The van der Waals surface area contributed by atoms with Crippen molar-refractivity contribution in [2.75, 3.05) is 13.2 Å². The van der Waals surface area contributed by atoms with Gasteiger partial charge in [-0.1, -0.05) is 48.5 Å². The van der Waals surface area contributed by atoms with Gasteiger partial charge in [0, 0.05) is 18.9 Å². The molecule has 3 aliphatic carbocycles. The number of amides is 2. The van der Waals surface area contributed by atoms with E-state index in [2.05, 4.69) is 34.9 Å². The number of aliphatic carboxylic acids is 1. The summed E-state index contributed by atoms with van der Waals surface area (Å²) in [5.41, 5.74) is 3.71. The highest BCUT2D eigenvalue weighted by Gasteiger charge is 2.45. The van der Waals surface area contributed by atoms with Gasteiger partial charge in [-0.3, -0.25) is 4.79 Å². The Labute approximate surface area is 205 Å². The lowest BCUT2D eigenvalue weighted by atomic mass is 9.76. The number of carbonyl (C=O) groups excluding carboxylic acids is 2. The van der Waals surface area contributed by atoms with Gasteiger partial charge in [0.2, 0.25) is 5.91 Å². The second kappa shape index (κ2) is 9.72. The van der Waals surface area contributed by atoms with Gasteiger partial charge in [-0.15, -0.1) is 0 Å². The number of hydrogen-bond donors (Lipinski definition) is 3. The van der Waals surface area contributed by atoms with Gasteiger partial charge in [0.15, 0.2) is 0 Å². The van der Waals surface area contributed by atoms with Crippen LogP contribution < -0.4 is 10.6 Å². The molecular formula is C28H32N2O5. The van der Waals surface area contributed by atoms with Crippen LogP contribution in [0, 0.1) is 11.8 Å². The van der Waals surface area contributed by atoms with E-state index in [4.69, 9.17) is 4.74 Å². The summed E-state index contributed by atoms with van der Waals surface area (Å²) in [5.74, 6) is -0.566. The first-order valence-corrected chi connectivity index (χ1v) is 12.6. The van der Waals surface area contributed by atoms with Crippen LogP contribution in [0.3, 0.4) is 0 Å². The van der Waals surface area contributed by atoms with Crippen LogP contribution >= 0.6 is 0 Å². The van der Waals surface area contributed by atoms with E-state index in [9.17, 15) is 19.5 Å². The first-order chi connectivity index (χ1) is 16.9. The summed E-state index contributed by atoms with van der Waals surface area (Å²) in [6.45, 7) is 0.812. The van der Waals surface area contributed by atoms with Crippen molar-refractivity contribution < 1.29 is 24.2 Å². The van der Waals surface area contributed by atoms with Gasteiger partial charge in [-0.25, -0.2) is 9.59 Å². The number of carboxylic acids is 1. The summed E-state index contributed by atoms with van der Waals surface area (Å²) in [4.78, 5) is 36.3. The Kier molecular flexibility index (Phi) is 6.50. The van der Waals surface area contributed by atoms with E-state index in [1.165, 1.54) is 22.3 Å². The fourth-order valence-corrected chi connectivity index (χ4v) is 5.93. The molecule has 2 saturated carbocycles. The molecule has 3 N–H and O–H groups in total. The van der Waals surface area contributed by atoms with Crippen LogP contribution in [0.25, 0.3) is 11.1 Å². The van der Waals surface area contributed by atoms with Crippen molar-refractivity contribution in [2.24, 2.45) is 11.8 Å². The molecule has 2 fully saturated rings. The molecule has 0 radical (unpaired) electrons. The quantitative estimate of drug-likeness (QED) is 0.522. The minimum Gasteiger partial charge on any atom is -0.480 e. The molecule has 7 nitrogen and oxygen atoms in total. The minimum absolute atomic E-state index is 0.0345. The molecule has 2 amide bonds. The highest BCUT2D eigenvalue weighted by Crippen LogP contribution is 2.44. The second-order valence-corrected chi connectivity index (χ2v) is 10.2. The highest BCUT2D eigenvalue weighted by atomic mass is 16.5. The zero-order chi connectivity index (χ0) is 24.4. The van der Waals surface area contributed by atoms with Crippen molar-refractivity contribution in [1.29, 1.82) is 0 Å². The lowest BCUT2D eigenvalue weighted by molar-refractivity contribution is -0.151. The lowest BCUT2D eigenvalue weighted by Gasteiger charge is -2.38. The highest BCUT2D eigenvalue weighted by molar-refractivity contribution is 5.88. The van der Waals surface area contributed by atoms with Gasteiger partial charge in [0.05, 0.1) is 0 Å². The zero-order valence-corrected chi connectivity index (χ0v) is 19.8. The van der Waals surface area contributed by atoms with Gasteiger partial charge in [0.1, 0.15) is 12.1 Å². The second-order valence-electron chi connectivity index (χ2n) is 10.2. The number of hydrogen-bond acceptors (Lipinski definition) is 4. The molecule has 5 rings (SSSR count). The molecule has 2 atom stereocenters. The third-order valence-corrected chi connectivity index (χ3v) is 8.00. The lowest BCUT2D eigenvalue weighted by Crippen LogP contribution is -2.59. The van der Waals surface area contributed by atoms with Crippen molar-refractivity contribution in [3.8, 4) is 11.1 Å². The van der Waals surface area contributed by atoms with Gasteiger partial charge in [-0.05, 0) is 72.6 Å². The zero-order valence-electron chi connectivity index (χ0n) is 19.8. The molecular weight excluding hydrogens is 444 g/mol. The van der Waals surface area contributed by atoms with Crippen LogP contribution in [0.1, 0.15) is 62.0 Å². The topological polar surface area (TPSA) is 105 Å². The number of alkyl carbamates (subject to hydrolysis) is 1. The third-order valence-electron chi connectivity index (χ3n) is 8.00. The van der Waals surface area contributed by atoms with E-state index < -0.39 is 17.6 Å². The van der Waals surface area contributed by atoms with E-state index in [-0.39, 0.29) is 17.7 Å². The van der Waals surface area contributed by atoms with Gasteiger partial charge in [-0.2, -0.15) is 0 Å². The third kappa shape index (κ3) is 4.77. The molecule has 184 valence electrons. The van der Waals surface area contributed by atoms with Gasteiger partial charge < -0.3 is 20.5 Å². The number of rotatable bonds is 8. The number of carbonyl (C=O) groups is 3. The largest absolute Gasteiger partial charge is 0.480 e. The molecule has 35 heavy (non-hydrogen) atoms. The van der Waals surface area contributed by atoms with Crippen LogP contribution in [0.2, 0.25) is 0 Å². The normalized spacial score (nSPS) is 21.9. The summed E-state index contributed by atoms with van der Waals surface area (Å²) < 4.78 is 5.62. The summed E-state index contributed by atoms with van der Waals surface area (Å²) in [5, 5.41) is 15.1. The molecule has 0 saturated heterocycles. The summed E-state index contributed by atoms with van der Waals surface area (Å²) >= 11 is 0. The Balaban J connectivity index is 1.06. The van der Waals surface area contributed by atoms with Crippen molar-refractivity contribution >= 4 is 18.0 Å². The van der Waals surface area contributed by atoms with Crippen LogP contribution in [0.5, 0.6) is 0 Å². The maximum Gasteiger partial charge on any atom is 0.407 e. The molecule has 2 aromatic rings. The predicted molar refractivity (Wildman–Crippen MR) is 131 cm³/mol. The monoisotopic (exact) mass is 476 g/mol. The summed E-state index contributed by atoms with van der Waals surface area (Å²) in [6.07, 6.45) is 4.46. The molecule has 7 heteroatoms. The van der Waals surface area contributed by atoms with E-state index in [0.29, 0.717) is 38.3 Å². The number of fused-ring (bicyclic) bond motifs is 3. The average Bonchev–Trinajstić information content (AvgIpc) is 3.40. The maximum atomic E-state index is 12.4. The first-order valence-electron chi connectivity index (χ1n) is 12.6. The Morgan fingerprint density at radius 3 is 2.17 bits per heavy atom. The summed E-state index contributed by atoms with van der Waals surface area (Å²) in [6, 6.07) is 16.5. The summed E-state index contributed by atoms with van der Waals surface area (Å²) in [7, 11) is 0. The van der Waals surface area contributed by atoms with Crippen molar-refractivity contribution in [2.45, 2.75) is 56.4 Å². The van der Waals surface area contributed by atoms with E-state index >= 15 is 0 Å². The average molecular weight is 477 g/mol. The standard InChI is InChI=1S/C28H32N2O5/c31-25(30-28(26(32)33)12-5-13-28)15-18-10-11-19(14-18)16-29-27(34)35-17-24-22-8-3-1-6-20(22)21-7-2-4-9-23(21)24/h1-4,6-9,18-19,24H,5,10-17H2,(H,29,34)(H,30,31)(H,32,33). The van der Waals surface area contributed by atoms with E-state index in [1.54, 1.807) is 0 Å². The smallest absolute Gasteiger partial charge is 0.407 e. The predicted octanol–water partition coefficient (Wildman–Crippen LogP) is 4.46. The van der Waals surface area contributed by atoms with E-state index in [1.807, 2.05) is 24.3 Å². The Morgan fingerprint density at radius 2 is 1.57 bits per heavy atom. The molecule has 0 aromatic heterocycles. The fourth-order valence-electron chi connectivity index (χ4n) is 5.93. The van der Waals surface area contributed by atoms with Crippen LogP contribution in [-0.2, 0) is 14.3 Å². The Bertz CT molecular complexity index is 1080. The minimum atomic E-state index is -1.05. The first kappa shape index (κ1) is 23.4. The van der Waals surface area contributed by atoms with Crippen LogP contribution in [-0.4, -0.2) is 41.8 Å². The fraction of sp³-hybridized carbons (Fsp3) is 0.464. The number of nitrogens with one attached hydrogen (secondary N) is 2. The molecule has 2 unspecified atom stereocenters. The maximum absolute atomic E-state index is 12.4. The van der Waals surface area contributed by atoms with Gasteiger partial charge >= 0.3 is 12.1 Å². The van der Waals surface area contributed by atoms with Crippen molar-refractivity contribution in [1.82, 2.24) is 10.6 Å². The Hall–Kier alpha value is -3.35. The number of carboxylic acid groups (broad SMARTS) is 1. The van der Waals surface area contributed by atoms with Gasteiger partial charge in [0.25, 0.3) is 0 Å². The molecule has 0 aliphatic heterocycles. The van der Waals surface area contributed by atoms with Crippen molar-refractivity contribution in [3.05, 3.63) is 59.7 Å². The number of benzene rings is 2. The van der Waals surface area contributed by atoms with Crippen molar-refractivity contribution in [3.63, 3.8) is 0 Å². The number of ether oxygens (including phenoxy) is 1. The van der Waals surface area contributed by atoms with E-state index in [0.717, 1.165) is 25.7 Å². The molecule has 3 aliphatic rings.